The van der Waals surface area contributed by atoms with E-state index in [0.29, 0.717) is 17.4 Å². The Morgan fingerprint density at radius 3 is 2.62 bits per heavy atom. The Balaban J connectivity index is 2.32. The molecule has 0 radical (unpaired) electrons. The van der Waals surface area contributed by atoms with Crippen molar-refractivity contribution in [3.05, 3.63) is 16.8 Å². The zero-order chi connectivity index (χ0) is 15.4. The molecule has 0 bridgehead atoms. The van der Waals surface area contributed by atoms with Crippen LogP contribution in [0.3, 0.4) is 0 Å². The molecule has 1 aromatic rings. The summed E-state index contributed by atoms with van der Waals surface area (Å²) in [5.41, 5.74) is 8.33. The molecule has 5 heteroatoms. The molecule has 1 heterocycles. The van der Waals surface area contributed by atoms with Crippen LogP contribution in [0, 0.1) is 11.3 Å². The van der Waals surface area contributed by atoms with E-state index in [9.17, 15) is 0 Å². The van der Waals surface area contributed by atoms with Crippen LogP contribution in [0.4, 0.5) is 0 Å². The molecule has 3 N–H and O–H groups in total. The largest absolute Gasteiger partial charge is 0.473 e. The van der Waals surface area contributed by atoms with E-state index in [1.807, 2.05) is 6.92 Å². The molecular formula is C16H26N4O. The van der Waals surface area contributed by atoms with Crippen LogP contribution in [-0.2, 0) is 12.8 Å². The molecule has 1 fully saturated rings. The summed E-state index contributed by atoms with van der Waals surface area (Å²) in [4.78, 5) is 0. The summed E-state index contributed by atoms with van der Waals surface area (Å²) in [6, 6.07) is 0. The Bertz CT molecular complexity index is 515. The molecule has 0 aliphatic heterocycles. The summed E-state index contributed by atoms with van der Waals surface area (Å²) in [6.45, 7) is 6.34. The normalized spacial score (nSPS) is 22.0. The minimum atomic E-state index is 0.0234. The fourth-order valence-corrected chi connectivity index (χ4v) is 3.16. The third-order valence-electron chi connectivity index (χ3n) is 4.25. The minimum absolute atomic E-state index is 0.0234. The van der Waals surface area contributed by atoms with E-state index < -0.39 is 0 Å². The van der Waals surface area contributed by atoms with Gasteiger partial charge < -0.3 is 10.5 Å². The number of aromatic nitrogens is 2. The number of amidine groups is 1. The van der Waals surface area contributed by atoms with Gasteiger partial charge in [0, 0.05) is 0 Å². The number of nitrogen functional groups attached to an aromatic ring is 1. The second-order valence-electron chi connectivity index (χ2n) is 5.94. The molecule has 0 amide bonds. The Kier molecular flexibility index (Phi) is 5.15. The summed E-state index contributed by atoms with van der Waals surface area (Å²) in [7, 11) is 0. The Morgan fingerprint density at radius 2 is 2.05 bits per heavy atom. The van der Waals surface area contributed by atoms with Gasteiger partial charge in [0.1, 0.15) is 11.9 Å². The molecule has 1 aliphatic carbocycles. The number of nitrogens with two attached hydrogens (primary N) is 1. The van der Waals surface area contributed by atoms with E-state index in [1.54, 1.807) is 0 Å². The predicted molar refractivity (Wildman–Crippen MR) is 83.9 cm³/mol. The van der Waals surface area contributed by atoms with Crippen LogP contribution in [0.2, 0.25) is 0 Å². The lowest BCUT2D eigenvalue weighted by atomic mass is 9.88. The van der Waals surface area contributed by atoms with Crippen LogP contribution in [0.25, 0.3) is 0 Å². The highest BCUT2D eigenvalue weighted by molar-refractivity contribution is 5.98. The average molecular weight is 290 g/mol. The summed E-state index contributed by atoms with van der Waals surface area (Å²) in [5.74, 6) is 1.14. The zero-order valence-corrected chi connectivity index (χ0v) is 13.3. The molecule has 1 aromatic heterocycles. The van der Waals surface area contributed by atoms with Crippen molar-refractivity contribution in [1.29, 1.82) is 5.41 Å². The quantitative estimate of drug-likeness (QED) is 0.645. The number of hydrogen-bond acceptors (Lipinski definition) is 4. The van der Waals surface area contributed by atoms with Crippen LogP contribution in [0.1, 0.15) is 63.3 Å². The third kappa shape index (κ3) is 3.52. The van der Waals surface area contributed by atoms with Gasteiger partial charge >= 0.3 is 0 Å². The summed E-state index contributed by atoms with van der Waals surface area (Å²) in [6.07, 6.45) is 6.26. The van der Waals surface area contributed by atoms with Crippen molar-refractivity contribution in [2.75, 3.05) is 0 Å². The van der Waals surface area contributed by atoms with Gasteiger partial charge in [-0.1, -0.05) is 27.2 Å². The Hall–Kier alpha value is -1.65. The molecule has 2 atom stereocenters. The monoisotopic (exact) mass is 290 g/mol. The van der Waals surface area contributed by atoms with Gasteiger partial charge in [-0.15, -0.1) is 5.10 Å². The first-order valence-corrected chi connectivity index (χ1v) is 7.96. The van der Waals surface area contributed by atoms with Gasteiger partial charge in [0.15, 0.2) is 0 Å². The number of nitrogens with one attached hydrogen (secondary N) is 1. The molecule has 21 heavy (non-hydrogen) atoms. The van der Waals surface area contributed by atoms with Gasteiger partial charge in [-0.25, -0.2) is 0 Å². The SMILES string of the molecule is CCc1nnc(OC2CCCC(C)C2)c(C(=N)N)c1CC. The lowest BCUT2D eigenvalue weighted by Crippen LogP contribution is -2.27. The van der Waals surface area contributed by atoms with E-state index in [1.165, 1.54) is 12.8 Å². The smallest absolute Gasteiger partial charge is 0.245 e. The molecule has 2 unspecified atom stereocenters. The third-order valence-corrected chi connectivity index (χ3v) is 4.25. The molecule has 116 valence electrons. The molecule has 0 saturated heterocycles. The number of aryl methyl sites for hydroxylation is 1. The van der Waals surface area contributed by atoms with E-state index >= 15 is 0 Å². The van der Waals surface area contributed by atoms with Crippen molar-refractivity contribution in [3.8, 4) is 5.88 Å². The van der Waals surface area contributed by atoms with Gasteiger partial charge in [0.2, 0.25) is 5.88 Å². The van der Waals surface area contributed by atoms with Gasteiger partial charge in [0.05, 0.1) is 11.3 Å². The fourth-order valence-electron chi connectivity index (χ4n) is 3.16. The molecular weight excluding hydrogens is 264 g/mol. The van der Waals surface area contributed by atoms with Crippen molar-refractivity contribution in [1.82, 2.24) is 10.2 Å². The van der Waals surface area contributed by atoms with Crippen LogP contribution < -0.4 is 10.5 Å². The Labute approximate surface area is 126 Å². The first kappa shape index (κ1) is 15.7. The van der Waals surface area contributed by atoms with Gasteiger partial charge in [-0.05, 0) is 43.6 Å². The maximum Gasteiger partial charge on any atom is 0.245 e. The first-order valence-electron chi connectivity index (χ1n) is 7.96. The van der Waals surface area contributed by atoms with Crippen molar-refractivity contribution < 1.29 is 4.74 Å². The van der Waals surface area contributed by atoms with Crippen molar-refractivity contribution >= 4 is 5.84 Å². The van der Waals surface area contributed by atoms with E-state index in [0.717, 1.165) is 36.9 Å². The van der Waals surface area contributed by atoms with Crippen molar-refractivity contribution in [3.63, 3.8) is 0 Å². The predicted octanol–water partition coefficient (Wildman–Crippen LogP) is 2.84. The van der Waals surface area contributed by atoms with Crippen LogP contribution in [0.5, 0.6) is 5.88 Å². The highest BCUT2D eigenvalue weighted by atomic mass is 16.5. The van der Waals surface area contributed by atoms with Crippen molar-refractivity contribution in [2.24, 2.45) is 11.7 Å². The topological polar surface area (TPSA) is 84.9 Å². The number of ether oxygens (including phenoxy) is 1. The molecule has 1 saturated carbocycles. The maximum atomic E-state index is 7.88. The van der Waals surface area contributed by atoms with Crippen LogP contribution in [0.15, 0.2) is 0 Å². The average Bonchev–Trinajstić information content (AvgIpc) is 2.46. The second-order valence-corrected chi connectivity index (χ2v) is 5.94. The molecule has 0 spiro atoms. The van der Waals surface area contributed by atoms with Gasteiger partial charge in [-0.2, -0.15) is 5.10 Å². The lowest BCUT2D eigenvalue weighted by Gasteiger charge is -2.27. The Morgan fingerprint density at radius 1 is 1.29 bits per heavy atom. The van der Waals surface area contributed by atoms with E-state index in [-0.39, 0.29) is 11.9 Å². The molecule has 0 aromatic carbocycles. The number of nitrogens with zero attached hydrogens (tertiary/aromatic N) is 2. The first-order chi connectivity index (χ1) is 10.1. The fraction of sp³-hybridized carbons (Fsp3) is 0.688. The summed E-state index contributed by atoms with van der Waals surface area (Å²) < 4.78 is 6.07. The van der Waals surface area contributed by atoms with E-state index in [2.05, 4.69) is 24.0 Å². The summed E-state index contributed by atoms with van der Waals surface area (Å²) >= 11 is 0. The minimum Gasteiger partial charge on any atom is -0.473 e. The highest BCUT2D eigenvalue weighted by Gasteiger charge is 2.24. The molecule has 1 aliphatic rings. The van der Waals surface area contributed by atoms with E-state index in [4.69, 9.17) is 15.9 Å². The second kappa shape index (κ2) is 6.87. The van der Waals surface area contributed by atoms with Gasteiger partial charge in [-0.3, -0.25) is 5.41 Å². The van der Waals surface area contributed by atoms with Crippen LogP contribution >= 0.6 is 0 Å². The lowest BCUT2D eigenvalue weighted by molar-refractivity contribution is 0.122. The molecule has 5 nitrogen and oxygen atoms in total. The standard InChI is InChI=1S/C16H26N4O/c1-4-12-13(5-2)19-20-16(14(12)15(17)18)21-11-8-6-7-10(3)9-11/h10-11H,4-9H2,1-3H3,(H3,17,18). The van der Waals surface area contributed by atoms with Gasteiger partial charge in [0.25, 0.3) is 0 Å². The highest BCUT2D eigenvalue weighted by Crippen LogP contribution is 2.29. The number of hydrogen-bond donors (Lipinski definition) is 2. The molecule has 2 rings (SSSR count). The maximum absolute atomic E-state index is 7.88. The summed E-state index contributed by atoms with van der Waals surface area (Å²) in [5, 5.41) is 16.4. The number of rotatable bonds is 5. The van der Waals surface area contributed by atoms with Crippen LogP contribution in [-0.4, -0.2) is 22.1 Å². The van der Waals surface area contributed by atoms with Crippen molar-refractivity contribution in [2.45, 2.75) is 65.4 Å². The zero-order valence-electron chi connectivity index (χ0n) is 13.3.